The summed E-state index contributed by atoms with van der Waals surface area (Å²) in [6.45, 7) is 2.75. The van der Waals surface area contributed by atoms with Gasteiger partial charge in [-0.2, -0.15) is 4.39 Å². The van der Waals surface area contributed by atoms with Crippen molar-refractivity contribution < 1.29 is 24.5 Å². The molecule has 0 aliphatic heterocycles. The number of phenols is 2. The first-order valence-electron chi connectivity index (χ1n) is 4.30. The number of aliphatic carboxylic acids is 1. The van der Waals surface area contributed by atoms with Crippen molar-refractivity contribution in [1.82, 2.24) is 0 Å². The first-order chi connectivity index (χ1) is 6.86. The maximum Gasteiger partial charge on any atom is 0.310 e. The first kappa shape index (κ1) is 11.3. The van der Waals surface area contributed by atoms with Crippen LogP contribution in [0, 0.1) is 12.7 Å². The van der Waals surface area contributed by atoms with Crippen LogP contribution in [0.4, 0.5) is 4.39 Å². The Balaban J connectivity index is 3.38. The molecular weight excluding hydrogens is 203 g/mol. The lowest BCUT2D eigenvalue weighted by molar-refractivity contribution is -0.138. The van der Waals surface area contributed by atoms with Gasteiger partial charge in [-0.3, -0.25) is 4.79 Å². The molecule has 4 nitrogen and oxygen atoms in total. The van der Waals surface area contributed by atoms with Crippen LogP contribution in [0.5, 0.6) is 11.5 Å². The number of rotatable bonds is 2. The maximum absolute atomic E-state index is 13.2. The second-order valence-corrected chi connectivity index (χ2v) is 3.35. The minimum atomic E-state index is -1.18. The summed E-state index contributed by atoms with van der Waals surface area (Å²) < 4.78 is 13.2. The summed E-state index contributed by atoms with van der Waals surface area (Å²) in [6, 6.07) is 1.26. The van der Waals surface area contributed by atoms with Gasteiger partial charge in [-0.25, -0.2) is 0 Å². The molecule has 3 N–H and O–H groups in total. The van der Waals surface area contributed by atoms with Crippen LogP contribution in [0.3, 0.4) is 0 Å². The van der Waals surface area contributed by atoms with E-state index in [2.05, 4.69) is 0 Å². The van der Waals surface area contributed by atoms with E-state index in [0.29, 0.717) is 0 Å². The number of hydrogen-bond donors (Lipinski definition) is 3. The number of benzene rings is 1. The van der Waals surface area contributed by atoms with Crippen molar-refractivity contribution in [2.45, 2.75) is 19.8 Å². The Bertz CT molecular complexity index is 414. The van der Waals surface area contributed by atoms with E-state index >= 15 is 0 Å². The Morgan fingerprint density at radius 2 is 1.93 bits per heavy atom. The Hall–Kier alpha value is -1.78. The van der Waals surface area contributed by atoms with Crippen molar-refractivity contribution in [2.75, 3.05) is 0 Å². The van der Waals surface area contributed by atoms with Gasteiger partial charge < -0.3 is 15.3 Å². The number of carboxylic acids is 1. The number of halogens is 1. The van der Waals surface area contributed by atoms with Gasteiger partial charge in [0.25, 0.3) is 0 Å². The molecule has 15 heavy (non-hydrogen) atoms. The molecule has 1 unspecified atom stereocenters. The van der Waals surface area contributed by atoms with Crippen molar-refractivity contribution in [3.63, 3.8) is 0 Å². The average molecular weight is 214 g/mol. The largest absolute Gasteiger partial charge is 0.505 e. The third kappa shape index (κ3) is 1.86. The summed E-state index contributed by atoms with van der Waals surface area (Å²) >= 11 is 0. The lowest BCUT2D eigenvalue weighted by Gasteiger charge is -2.12. The molecule has 0 aromatic heterocycles. The molecule has 1 rings (SSSR count). The molecule has 0 amide bonds. The first-order valence-corrected chi connectivity index (χ1v) is 4.30. The fourth-order valence-corrected chi connectivity index (χ4v) is 1.25. The van der Waals surface area contributed by atoms with Crippen LogP contribution in [-0.4, -0.2) is 21.3 Å². The van der Waals surface area contributed by atoms with E-state index in [-0.39, 0.29) is 11.1 Å². The van der Waals surface area contributed by atoms with Crippen LogP contribution in [-0.2, 0) is 4.79 Å². The molecule has 0 bridgehead atoms. The van der Waals surface area contributed by atoms with E-state index in [9.17, 15) is 14.3 Å². The Labute approximate surface area is 85.6 Å². The Morgan fingerprint density at radius 1 is 1.40 bits per heavy atom. The van der Waals surface area contributed by atoms with Gasteiger partial charge in [-0.1, -0.05) is 0 Å². The monoisotopic (exact) mass is 214 g/mol. The number of carbonyl (C=O) groups is 1. The molecule has 0 heterocycles. The summed E-state index contributed by atoms with van der Waals surface area (Å²) in [5.41, 5.74) is 0.142. The number of phenolic OH excluding ortho intramolecular Hbond substituents is 2. The fourth-order valence-electron chi connectivity index (χ4n) is 1.25. The van der Waals surface area contributed by atoms with Gasteiger partial charge in [0.05, 0.1) is 5.92 Å². The van der Waals surface area contributed by atoms with Crippen molar-refractivity contribution >= 4 is 5.97 Å². The molecule has 0 saturated carbocycles. The Kier molecular flexibility index (Phi) is 2.83. The lowest BCUT2D eigenvalue weighted by Crippen LogP contribution is -2.08. The number of carboxylic acid groups (broad SMARTS) is 1. The van der Waals surface area contributed by atoms with E-state index < -0.39 is 29.2 Å². The maximum atomic E-state index is 13.2. The zero-order valence-corrected chi connectivity index (χ0v) is 8.28. The zero-order chi connectivity index (χ0) is 11.7. The standard InChI is InChI=1S/C10H11FO4/c1-4-3-6(5(2)10(14)15)9(13)7(11)8(4)12/h3,5,12-13H,1-2H3,(H,14,15). The van der Waals surface area contributed by atoms with Gasteiger partial charge in [0.1, 0.15) is 0 Å². The summed E-state index contributed by atoms with van der Waals surface area (Å²) in [4.78, 5) is 10.7. The van der Waals surface area contributed by atoms with E-state index in [4.69, 9.17) is 10.2 Å². The van der Waals surface area contributed by atoms with Crippen molar-refractivity contribution in [2.24, 2.45) is 0 Å². The van der Waals surface area contributed by atoms with Crippen LogP contribution >= 0.6 is 0 Å². The number of aromatic hydroxyl groups is 2. The minimum Gasteiger partial charge on any atom is -0.505 e. The molecule has 0 saturated heterocycles. The van der Waals surface area contributed by atoms with Crippen LogP contribution < -0.4 is 0 Å². The highest BCUT2D eigenvalue weighted by atomic mass is 19.1. The predicted octanol–water partition coefficient (Wildman–Crippen LogP) is 1.73. The molecule has 5 heteroatoms. The van der Waals surface area contributed by atoms with E-state index in [0.717, 1.165) is 0 Å². The molecule has 0 radical (unpaired) electrons. The summed E-state index contributed by atoms with van der Waals surface area (Å²) in [5, 5.41) is 27.2. The predicted molar refractivity (Wildman–Crippen MR) is 50.5 cm³/mol. The van der Waals surface area contributed by atoms with Gasteiger partial charge in [0.15, 0.2) is 11.5 Å². The third-order valence-corrected chi connectivity index (χ3v) is 2.27. The molecule has 1 aromatic carbocycles. The molecule has 0 spiro atoms. The van der Waals surface area contributed by atoms with E-state index in [1.165, 1.54) is 19.9 Å². The highest BCUT2D eigenvalue weighted by molar-refractivity contribution is 5.77. The van der Waals surface area contributed by atoms with Gasteiger partial charge in [0.2, 0.25) is 5.82 Å². The zero-order valence-electron chi connectivity index (χ0n) is 8.28. The second-order valence-electron chi connectivity index (χ2n) is 3.35. The molecule has 0 aliphatic carbocycles. The van der Waals surface area contributed by atoms with Gasteiger partial charge in [-0.05, 0) is 25.5 Å². The van der Waals surface area contributed by atoms with Crippen LogP contribution in [0.15, 0.2) is 6.07 Å². The van der Waals surface area contributed by atoms with Crippen LogP contribution in [0.25, 0.3) is 0 Å². The van der Waals surface area contributed by atoms with Gasteiger partial charge in [0, 0.05) is 5.56 Å². The molecule has 0 fully saturated rings. The smallest absolute Gasteiger partial charge is 0.310 e. The molecule has 0 aliphatic rings. The summed E-state index contributed by atoms with van der Waals surface area (Å²) in [6.07, 6.45) is 0. The van der Waals surface area contributed by atoms with Crippen molar-refractivity contribution in [1.29, 1.82) is 0 Å². The summed E-state index contributed by atoms with van der Waals surface area (Å²) in [7, 11) is 0. The minimum absolute atomic E-state index is 0.0460. The van der Waals surface area contributed by atoms with Crippen molar-refractivity contribution in [3.05, 3.63) is 23.0 Å². The highest BCUT2D eigenvalue weighted by Gasteiger charge is 2.23. The van der Waals surface area contributed by atoms with Crippen LogP contribution in [0.1, 0.15) is 24.0 Å². The van der Waals surface area contributed by atoms with E-state index in [1.54, 1.807) is 0 Å². The topological polar surface area (TPSA) is 77.8 Å². The summed E-state index contributed by atoms with van der Waals surface area (Å²) in [5.74, 6) is -4.85. The van der Waals surface area contributed by atoms with Crippen LogP contribution in [0.2, 0.25) is 0 Å². The molecular formula is C10H11FO4. The van der Waals surface area contributed by atoms with Crippen molar-refractivity contribution in [3.8, 4) is 11.5 Å². The normalized spacial score (nSPS) is 12.5. The van der Waals surface area contributed by atoms with Gasteiger partial charge >= 0.3 is 5.97 Å². The average Bonchev–Trinajstić information content (AvgIpc) is 2.19. The number of aryl methyl sites for hydroxylation is 1. The quantitative estimate of drug-likeness (QED) is 0.700. The third-order valence-electron chi connectivity index (χ3n) is 2.27. The molecule has 1 atom stereocenters. The van der Waals surface area contributed by atoms with E-state index in [1.807, 2.05) is 0 Å². The number of hydrogen-bond acceptors (Lipinski definition) is 3. The SMILES string of the molecule is Cc1cc(C(C)C(=O)O)c(O)c(F)c1O. The Morgan fingerprint density at radius 3 is 2.40 bits per heavy atom. The second kappa shape index (κ2) is 3.76. The fraction of sp³-hybridized carbons (Fsp3) is 0.300. The highest BCUT2D eigenvalue weighted by Crippen LogP contribution is 2.35. The lowest BCUT2D eigenvalue weighted by atomic mass is 9.97. The molecule has 82 valence electrons. The van der Waals surface area contributed by atoms with Gasteiger partial charge in [-0.15, -0.1) is 0 Å². The molecule has 1 aromatic rings.